The molecule has 1 aliphatic heterocycles. The third-order valence-corrected chi connectivity index (χ3v) is 4.82. The molecule has 0 saturated carbocycles. The smallest absolute Gasteiger partial charge is 0.407 e. The highest BCUT2D eigenvalue weighted by Crippen LogP contribution is 2.13. The molecule has 22 heavy (non-hydrogen) atoms. The van der Waals surface area contributed by atoms with Crippen molar-refractivity contribution in [2.24, 2.45) is 11.8 Å². The topological polar surface area (TPSA) is 84.5 Å². The van der Waals surface area contributed by atoms with E-state index >= 15 is 0 Å². The zero-order chi connectivity index (χ0) is 17.0. The van der Waals surface area contributed by atoms with E-state index in [2.05, 4.69) is 24.5 Å². The van der Waals surface area contributed by atoms with Gasteiger partial charge in [-0.1, -0.05) is 19.9 Å². The number of hydrogen-bond donors (Lipinski definition) is 2. The molecule has 0 bridgehead atoms. The molecule has 2 atom stereocenters. The minimum Gasteiger partial charge on any atom is -0.444 e. The van der Waals surface area contributed by atoms with Crippen LogP contribution in [-0.2, 0) is 14.6 Å². The standard InChI is InChI=1S/C15H28N2O4S/c1-11(2)12(9-17-14(18)21-15(3,4)5)8-16-13-6-7-22(19,20)10-13/h6-7,11-13,16H,8-10H2,1-5H3,(H,17,18). The molecule has 2 N–H and O–H groups in total. The van der Waals surface area contributed by atoms with Crippen LogP contribution in [0.15, 0.2) is 11.5 Å². The summed E-state index contributed by atoms with van der Waals surface area (Å²) in [5, 5.41) is 7.27. The zero-order valence-electron chi connectivity index (χ0n) is 14.0. The average molecular weight is 332 g/mol. The van der Waals surface area contributed by atoms with Crippen molar-refractivity contribution in [2.75, 3.05) is 18.8 Å². The Balaban J connectivity index is 2.40. The van der Waals surface area contributed by atoms with Crippen molar-refractivity contribution in [3.8, 4) is 0 Å². The fourth-order valence-corrected chi connectivity index (χ4v) is 3.35. The Morgan fingerprint density at radius 2 is 1.95 bits per heavy atom. The molecule has 0 spiro atoms. The molecule has 0 aliphatic carbocycles. The van der Waals surface area contributed by atoms with E-state index in [-0.39, 0.29) is 17.7 Å². The summed E-state index contributed by atoms with van der Waals surface area (Å²) < 4.78 is 27.9. The number of ether oxygens (including phenoxy) is 1. The molecule has 1 aliphatic rings. The molecule has 128 valence electrons. The normalized spacial score (nSPS) is 21.8. The fourth-order valence-electron chi connectivity index (χ4n) is 2.08. The van der Waals surface area contributed by atoms with Gasteiger partial charge in [0.1, 0.15) is 5.60 Å². The van der Waals surface area contributed by atoms with Gasteiger partial charge in [0.2, 0.25) is 0 Å². The summed E-state index contributed by atoms with van der Waals surface area (Å²) in [4.78, 5) is 11.7. The molecule has 0 aromatic heterocycles. The first-order chi connectivity index (χ1) is 9.98. The predicted octanol–water partition coefficient (Wildman–Crippen LogP) is 1.68. The number of hydrogen-bond acceptors (Lipinski definition) is 5. The Labute approximate surface area is 133 Å². The summed E-state index contributed by atoms with van der Waals surface area (Å²) in [6, 6.07) is -0.146. The highest BCUT2D eigenvalue weighted by Gasteiger charge is 2.23. The SMILES string of the molecule is CC(C)C(CNC(=O)OC(C)(C)C)CNC1C=CS(=O)(=O)C1. The van der Waals surface area contributed by atoms with Gasteiger partial charge in [-0.05, 0) is 32.6 Å². The highest BCUT2D eigenvalue weighted by atomic mass is 32.2. The van der Waals surface area contributed by atoms with Crippen LogP contribution in [0.1, 0.15) is 34.6 Å². The Morgan fingerprint density at radius 3 is 2.41 bits per heavy atom. The average Bonchev–Trinajstić information content (AvgIpc) is 2.66. The molecule has 6 nitrogen and oxygen atoms in total. The Morgan fingerprint density at radius 1 is 1.32 bits per heavy atom. The van der Waals surface area contributed by atoms with Crippen LogP contribution in [0, 0.1) is 11.8 Å². The lowest BCUT2D eigenvalue weighted by atomic mass is 9.95. The zero-order valence-corrected chi connectivity index (χ0v) is 14.9. The first-order valence-electron chi connectivity index (χ1n) is 7.60. The van der Waals surface area contributed by atoms with Gasteiger partial charge >= 0.3 is 6.09 Å². The van der Waals surface area contributed by atoms with Gasteiger partial charge in [-0.15, -0.1) is 0 Å². The second-order valence-electron chi connectivity index (χ2n) is 7.06. The number of carbonyl (C=O) groups is 1. The minimum atomic E-state index is -3.04. The van der Waals surface area contributed by atoms with E-state index in [0.29, 0.717) is 19.0 Å². The maximum absolute atomic E-state index is 11.7. The van der Waals surface area contributed by atoms with Gasteiger partial charge in [0.15, 0.2) is 9.84 Å². The number of sulfone groups is 1. The van der Waals surface area contributed by atoms with Crippen molar-refractivity contribution < 1.29 is 17.9 Å². The first kappa shape index (κ1) is 19.0. The summed E-state index contributed by atoms with van der Waals surface area (Å²) in [5.74, 6) is 0.658. The van der Waals surface area contributed by atoms with Crippen LogP contribution < -0.4 is 10.6 Å². The molecular formula is C15H28N2O4S. The fraction of sp³-hybridized carbons (Fsp3) is 0.800. The van der Waals surface area contributed by atoms with Crippen LogP contribution >= 0.6 is 0 Å². The van der Waals surface area contributed by atoms with Crippen LogP contribution in [0.5, 0.6) is 0 Å². The number of amides is 1. The second kappa shape index (κ2) is 7.46. The number of nitrogens with one attached hydrogen (secondary N) is 2. The molecule has 1 heterocycles. The van der Waals surface area contributed by atoms with E-state index in [1.54, 1.807) is 6.08 Å². The van der Waals surface area contributed by atoms with E-state index in [0.717, 1.165) is 0 Å². The third-order valence-electron chi connectivity index (χ3n) is 3.42. The van der Waals surface area contributed by atoms with Crippen molar-refractivity contribution >= 4 is 15.9 Å². The molecule has 0 saturated heterocycles. The molecule has 0 fully saturated rings. The lowest BCUT2D eigenvalue weighted by Gasteiger charge is -2.25. The maximum atomic E-state index is 11.7. The molecule has 1 amide bonds. The summed E-state index contributed by atoms with van der Waals surface area (Å²) in [7, 11) is -3.04. The van der Waals surface area contributed by atoms with E-state index < -0.39 is 21.5 Å². The van der Waals surface area contributed by atoms with Crippen LogP contribution in [-0.4, -0.2) is 45.0 Å². The van der Waals surface area contributed by atoms with E-state index in [4.69, 9.17) is 4.74 Å². The van der Waals surface area contributed by atoms with Gasteiger partial charge in [0.25, 0.3) is 0 Å². The van der Waals surface area contributed by atoms with Crippen LogP contribution in [0.25, 0.3) is 0 Å². The van der Waals surface area contributed by atoms with Crippen LogP contribution in [0.4, 0.5) is 4.79 Å². The minimum absolute atomic E-state index is 0.108. The molecule has 7 heteroatoms. The van der Waals surface area contributed by atoms with Gasteiger partial charge in [-0.2, -0.15) is 0 Å². The number of rotatable bonds is 6. The quantitative estimate of drug-likeness (QED) is 0.773. The lowest BCUT2D eigenvalue weighted by Crippen LogP contribution is -2.42. The number of alkyl carbamates (subject to hydrolysis) is 1. The van der Waals surface area contributed by atoms with Crippen molar-refractivity contribution in [3.05, 3.63) is 11.5 Å². The van der Waals surface area contributed by atoms with Gasteiger partial charge < -0.3 is 15.4 Å². The molecule has 0 radical (unpaired) electrons. The largest absolute Gasteiger partial charge is 0.444 e. The van der Waals surface area contributed by atoms with Gasteiger partial charge in [0, 0.05) is 24.5 Å². The summed E-state index contributed by atoms with van der Waals surface area (Å²) in [6.07, 6.45) is 1.25. The monoisotopic (exact) mass is 332 g/mol. The Bertz CT molecular complexity index is 506. The highest BCUT2D eigenvalue weighted by molar-refractivity contribution is 7.94. The Kier molecular flexibility index (Phi) is 6.43. The third kappa shape index (κ3) is 7.26. The first-order valence-corrected chi connectivity index (χ1v) is 9.31. The molecule has 2 unspecified atom stereocenters. The lowest BCUT2D eigenvalue weighted by molar-refractivity contribution is 0.0515. The second-order valence-corrected chi connectivity index (χ2v) is 8.99. The van der Waals surface area contributed by atoms with E-state index in [1.165, 1.54) is 5.41 Å². The van der Waals surface area contributed by atoms with Crippen molar-refractivity contribution in [1.29, 1.82) is 0 Å². The Hall–Kier alpha value is -1.08. The number of carbonyl (C=O) groups excluding carboxylic acids is 1. The summed E-state index contributed by atoms with van der Waals surface area (Å²) >= 11 is 0. The van der Waals surface area contributed by atoms with Gasteiger partial charge in [0.05, 0.1) is 5.75 Å². The molecule has 0 aromatic rings. The van der Waals surface area contributed by atoms with Crippen LogP contribution in [0.3, 0.4) is 0 Å². The van der Waals surface area contributed by atoms with Crippen LogP contribution in [0.2, 0.25) is 0 Å². The molecule has 0 aromatic carbocycles. The molecular weight excluding hydrogens is 304 g/mol. The predicted molar refractivity (Wildman–Crippen MR) is 87.3 cm³/mol. The summed E-state index contributed by atoms with van der Waals surface area (Å²) in [6.45, 7) is 10.7. The summed E-state index contributed by atoms with van der Waals surface area (Å²) in [5.41, 5.74) is -0.515. The van der Waals surface area contributed by atoms with Crippen molar-refractivity contribution in [3.63, 3.8) is 0 Å². The van der Waals surface area contributed by atoms with E-state index in [1.807, 2.05) is 20.8 Å². The maximum Gasteiger partial charge on any atom is 0.407 e. The van der Waals surface area contributed by atoms with Gasteiger partial charge in [-0.25, -0.2) is 13.2 Å². The van der Waals surface area contributed by atoms with Crippen molar-refractivity contribution in [2.45, 2.75) is 46.3 Å². The van der Waals surface area contributed by atoms with E-state index in [9.17, 15) is 13.2 Å². The van der Waals surface area contributed by atoms with Crippen molar-refractivity contribution in [1.82, 2.24) is 10.6 Å². The van der Waals surface area contributed by atoms with Gasteiger partial charge in [-0.3, -0.25) is 0 Å². The molecule has 1 rings (SSSR count).